The summed E-state index contributed by atoms with van der Waals surface area (Å²) in [6.07, 6.45) is 6.83. The molecule has 0 aliphatic carbocycles. The zero-order chi connectivity index (χ0) is 16.4. The van der Waals surface area contributed by atoms with Gasteiger partial charge in [-0.1, -0.05) is 12.1 Å². The Hall–Kier alpha value is -3.13. The number of benzene rings is 1. The number of aromatic nitrogens is 3. The molecular formula is C19H17N5. The van der Waals surface area contributed by atoms with Gasteiger partial charge < -0.3 is 5.32 Å². The molecule has 1 aliphatic rings. The summed E-state index contributed by atoms with van der Waals surface area (Å²) in [7, 11) is 0. The highest BCUT2D eigenvalue weighted by molar-refractivity contribution is 5.71. The van der Waals surface area contributed by atoms with Gasteiger partial charge in [-0.15, -0.1) is 0 Å². The maximum atomic E-state index is 9.44. The summed E-state index contributed by atoms with van der Waals surface area (Å²) in [4.78, 5) is 4.23. The van der Waals surface area contributed by atoms with Gasteiger partial charge in [0.25, 0.3) is 0 Å². The average molecular weight is 315 g/mol. The normalized spacial score (nSPS) is 13.5. The van der Waals surface area contributed by atoms with Gasteiger partial charge in [-0.2, -0.15) is 10.4 Å². The smallest absolute Gasteiger partial charge is 0.133 e. The van der Waals surface area contributed by atoms with E-state index in [1.54, 1.807) is 6.20 Å². The first-order chi connectivity index (χ1) is 11.9. The topological polar surface area (TPSA) is 66.5 Å². The number of nitrogens with zero attached hydrogens (tertiary/aromatic N) is 4. The van der Waals surface area contributed by atoms with Crippen molar-refractivity contribution in [2.75, 3.05) is 11.9 Å². The summed E-state index contributed by atoms with van der Waals surface area (Å²) < 4.78 is 1.88. The van der Waals surface area contributed by atoms with E-state index in [2.05, 4.69) is 16.4 Å². The summed E-state index contributed by atoms with van der Waals surface area (Å²) in [5.41, 5.74) is 4.58. The number of hydrogen-bond donors (Lipinski definition) is 1. The Morgan fingerprint density at radius 1 is 1.12 bits per heavy atom. The highest BCUT2D eigenvalue weighted by Gasteiger charge is 2.22. The monoisotopic (exact) mass is 315 g/mol. The van der Waals surface area contributed by atoms with E-state index in [1.807, 2.05) is 47.3 Å². The molecule has 1 N–H and O–H groups in total. The maximum Gasteiger partial charge on any atom is 0.133 e. The summed E-state index contributed by atoms with van der Waals surface area (Å²) in [6.45, 7) is 0.917. The lowest BCUT2D eigenvalue weighted by atomic mass is 10.1. The van der Waals surface area contributed by atoms with Crippen LogP contribution in [-0.4, -0.2) is 21.3 Å². The fourth-order valence-corrected chi connectivity index (χ4v) is 3.16. The van der Waals surface area contributed by atoms with E-state index in [0.29, 0.717) is 5.56 Å². The SMILES string of the molecule is N#Cc1ccccc1-n1nc(-c2cccnc2)c2c1NCCCC2. The van der Waals surface area contributed by atoms with Gasteiger partial charge in [-0.05, 0) is 43.5 Å². The van der Waals surface area contributed by atoms with Crippen molar-refractivity contribution in [1.29, 1.82) is 5.26 Å². The van der Waals surface area contributed by atoms with Crippen LogP contribution in [0.5, 0.6) is 0 Å². The van der Waals surface area contributed by atoms with E-state index < -0.39 is 0 Å². The standard InChI is InChI=1S/C19H17N5/c20-12-14-6-1-2-9-17(14)24-19-16(8-3-4-11-22-19)18(23-24)15-7-5-10-21-13-15/h1-2,5-7,9-10,13,22H,3-4,8,11H2. The molecule has 3 heterocycles. The third-order valence-corrected chi connectivity index (χ3v) is 4.32. The molecule has 0 saturated carbocycles. The number of fused-ring (bicyclic) bond motifs is 1. The summed E-state index contributed by atoms with van der Waals surface area (Å²) in [6, 6.07) is 13.8. The lowest BCUT2D eigenvalue weighted by Gasteiger charge is -2.10. The second kappa shape index (κ2) is 6.17. The van der Waals surface area contributed by atoms with Gasteiger partial charge in [-0.25, -0.2) is 4.68 Å². The Morgan fingerprint density at radius 2 is 2.04 bits per heavy atom. The van der Waals surface area contributed by atoms with Crippen molar-refractivity contribution in [1.82, 2.24) is 14.8 Å². The Kier molecular flexibility index (Phi) is 3.72. The first-order valence-electron chi connectivity index (χ1n) is 8.14. The van der Waals surface area contributed by atoms with Crippen molar-refractivity contribution >= 4 is 5.82 Å². The van der Waals surface area contributed by atoms with E-state index in [9.17, 15) is 5.26 Å². The largest absolute Gasteiger partial charge is 0.370 e. The molecule has 0 spiro atoms. The van der Waals surface area contributed by atoms with Gasteiger partial charge in [0, 0.05) is 30.1 Å². The molecule has 1 aliphatic heterocycles. The fraction of sp³-hybridized carbons (Fsp3) is 0.211. The van der Waals surface area contributed by atoms with Gasteiger partial charge in [0.1, 0.15) is 11.9 Å². The fourth-order valence-electron chi connectivity index (χ4n) is 3.16. The minimum atomic E-state index is 0.617. The molecule has 0 amide bonds. The van der Waals surface area contributed by atoms with Crippen molar-refractivity contribution in [3.05, 3.63) is 59.9 Å². The van der Waals surface area contributed by atoms with Gasteiger partial charge >= 0.3 is 0 Å². The predicted molar refractivity (Wildman–Crippen MR) is 92.9 cm³/mol. The zero-order valence-electron chi connectivity index (χ0n) is 13.2. The van der Waals surface area contributed by atoms with Crippen molar-refractivity contribution < 1.29 is 0 Å². The lowest BCUT2D eigenvalue weighted by Crippen LogP contribution is -2.08. The molecule has 0 saturated heterocycles. The first kappa shape index (κ1) is 14.5. The summed E-state index contributed by atoms with van der Waals surface area (Å²) in [5, 5.41) is 17.8. The van der Waals surface area contributed by atoms with Crippen LogP contribution in [0.4, 0.5) is 5.82 Å². The molecule has 118 valence electrons. The summed E-state index contributed by atoms with van der Waals surface area (Å²) in [5.74, 6) is 0.994. The molecule has 0 radical (unpaired) electrons. The highest BCUT2D eigenvalue weighted by Crippen LogP contribution is 2.34. The van der Waals surface area contributed by atoms with E-state index in [0.717, 1.165) is 48.6 Å². The number of anilines is 1. The number of nitrogens with one attached hydrogen (secondary N) is 1. The van der Waals surface area contributed by atoms with Crippen LogP contribution in [-0.2, 0) is 6.42 Å². The number of pyridine rings is 1. The minimum absolute atomic E-state index is 0.617. The number of para-hydroxylation sites is 1. The Labute approximate surface area is 140 Å². The molecule has 0 unspecified atom stereocenters. The van der Waals surface area contributed by atoms with Crippen LogP contribution in [0.1, 0.15) is 24.0 Å². The van der Waals surface area contributed by atoms with E-state index in [1.165, 1.54) is 5.56 Å². The van der Waals surface area contributed by atoms with Gasteiger partial charge in [0.05, 0.1) is 16.9 Å². The van der Waals surface area contributed by atoms with E-state index >= 15 is 0 Å². The Balaban J connectivity index is 1.95. The molecule has 3 aromatic rings. The molecule has 0 bridgehead atoms. The molecule has 24 heavy (non-hydrogen) atoms. The van der Waals surface area contributed by atoms with Crippen molar-refractivity contribution in [2.24, 2.45) is 0 Å². The van der Waals surface area contributed by atoms with E-state index in [4.69, 9.17) is 5.10 Å². The highest BCUT2D eigenvalue weighted by atomic mass is 15.3. The number of nitriles is 1. The summed E-state index contributed by atoms with van der Waals surface area (Å²) >= 11 is 0. The quantitative estimate of drug-likeness (QED) is 0.785. The van der Waals surface area contributed by atoms with Crippen LogP contribution in [0.15, 0.2) is 48.8 Å². The van der Waals surface area contributed by atoms with Crippen molar-refractivity contribution in [3.8, 4) is 23.0 Å². The molecule has 5 heteroatoms. The first-order valence-corrected chi connectivity index (χ1v) is 8.14. The molecule has 2 aromatic heterocycles. The zero-order valence-corrected chi connectivity index (χ0v) is 13.2. The second-order valence-corrected chi connectivity index (χ2v) is 5.84. The van der Waals surface area contributed by atoms with Gasteiger partial charge in [0.2, 0.25) is 0 Å². The minimum Gasteiger partial charge on any atom is -0.370 e. The van der Waals surface area contributed by atoms with Crippen LogP contribution in [0, 0.1) is 11.3 Å². The van der Waals surface area contributed by atoms with Gasteiger partial charge in [0.15, 0.2) is 0 Å². The van der Waals surface area contributed by atoms with Crippen LogP contribution in [0.25, 0.3) is 16.9 Å². The predicted octanol–water partition coefficient (Wildman–Crippen LogP) is 3.55. The Morgan fingerprint density at radius 3 is 2.88 bits per heavy atom. The molecular weight excluding hydrogens is 298 g/mol. The number of hydrogen-bond acceptors (Lipinski definition) is 4. The Bertz CT molecular complexity index is 905. The van der Waals surface area contributed by atoms with Crippen LogP contribution < -0.4 is 5.32 Å². The molecule has 4 rings (SSSR count). The van der Waals surface area contributed by atoms with E-state index in [-0.39, 0.29) is 0 Å². The van der Waals surface area contributed by atoms with Crippen molar-refractivity contribution in [2.45, 2.75) is 19.3 Å². The third kappa shape index (κ3) is 2.42. The van der Waals surface area contributed by atoms with Crippen LogP contribution >= 0.6 is 0 Å². The maximum absolute atomic E-state index is 9.44. The van der Waals surface area contributed by atoms with Gasteiger partial charge in [-0.3, -0.25) is 4.98 Å². The molecule has 0 atom stereocenters. The molecule has 1 aromatic carbocycles. The molecule has 0 fully saturated rings. The molecule has 5 nitrogen and oxygen atoms in total. The lowest BCUT2D eigenvalue weighted by molar-refractivity contribution is 0.780. The third-order valence-electron chi connectivity index (χ3n) is 4.32. The number of rotatable bonds is 2. The van der Waals surface area contributed by atoms with Crippen molar-refractivity contribution in [3.63, 3.8) is 0 Å². The second-order valence-electron chi connectivity index (χ2n) is 5.84. The van der Waals surface area contributed by atoms with Crippen LogP contribution in [0.2, 0.25) is 0 Å². The van der Waals surface area contributed by atoms with Crippen LogP contribution in [0.3, 0.4) is 0 Å². The average Bonchev–Trinajstić information content (AvgIpc) is 2.83.